The zero-order valence-electron chi connectivity index (χ0n) is 14.9. The van der Waals surface area contributed by atoms with Crippen LogP contribution >= 0.6 is 12.4 Å². The van der Waals surface area contributed by atoms with Gasteiger partial charge in [-0.1, -0.05) is 20.8 Å². The summed E-state index contributed by atoms with van der Waals surface area (Å²) < 4.78 is 0. The number of carbonyl (C=O) groups excluding carboxylic acids is 1. The number of carbonyl (C=O) groups is 1. The van der Waals surface area contributed by atoms with Gasteiger partial charge in [-0.25, -0.2) is 0 Å². The Morgan fingerprint density at radius 2 is 1.70 bits per heavy atom. The van der Waals surface area contributed by atoms with Gasteiger partial charge in [-0.2, -0.15) is 0 Å². The van der Waals surface area contributed by atoms with Crippen LogP contribution < -0.4 is 5.73 Å². The number of hydrogen-bond donors (Lipinski definition) is 1. The molecule has 5 aliphatic rings. The Labute approximate surface area is 147 Å². The minimum absolute atomic E-state index is 0. The zero-order chi connectivity index (χ0) is 15.8. The van der Waals surface area contributed by atoms with Crippen LogP contribution in [0.2, 0.25) is 0 Å². The quantitative estimate of drug-likeness (QED) is 0.792. The van der Waals surface area contributed by atoms with E-state index in [4.69, 9.17) is 5.73 Å². The summed E-state index contributed by atoms with van der Waals surface area (Å²) in [6, 6.07) is 0.274. The number of amides is 1. The van der Waals surface area contributed by atoms with Crippen LogP contribution in [-0.2, 0) is 4.79 Å². The van der Waals surface area contributed by atoms with Crippen molar-refractivity contribution in [3.05, 3.63) is 0 Å². The molecule has 0 aromatic carbocycles. The van der Waals surface area contributed by atoms with Crippen LogP contribution in [0.1, 0.15) is 65.7 Å². The van der Waals surface area contributed by atoms with Crippen LogP contribution in [0.25, 0.3) is 0 Å². The van der Waals surface area contributed by atoms with Crippen molar-refractivity contribution in [3.8, 4) is 0 Å². The summed E-state index contributed by atoms with van der Waals surface area (Å²) in [4.78, 5) is 15.6. The fourth-order valence-electron chi connectivity index (χ4n) is 7.37. The third-order valence-electron chi connectivity index (χ3n) is 7.34. The number of nitrogens with zero attached hydrogens (tertiary/aromatic N) is 1. The molecule has 4 atom stereocenters. The molecule has 23 heavy (non-hydrogen) atoms. The molecule has 0 radical (unpaired) electrons. The maximum Gasteiger partial charge on any atom is 0.228 e. The minimum Gasteiger partial charge on any atom is -0.342 e. The van der Waals surface area contributed by atoms with E-state index in [9.17, 15) is 4.79 Å². The van der Waals surface area contributed by atoms with Gasteiger partial charge in [0.25, 0.3) is 0 Å². The molecular weight excluding hydrogens is 308 g/mol. The SMILES string of the molecule is CC1CN(C(=O)C23CC4CC(C)(CC(C)(C4)C2)C3)CCC1N.Cl. The molecule has 4 aliphatic carbocycles. The zero-order valence-corrected chi connectivity index (χ0v) is 15.8. The van der Waals surface area contributed by atoms with Crippen LogP contribution in [0.4, 0.5) is 0 Å². The second-order valence-corrected chi connectivity index (χ2v) is 10.1. The summed E-state index contributed by atoms with van der Waals surface area (Å²) in [7, 11) is 0. The predicted molar refractivity (Wildman–Crippen MR) is 95.4 cm³/mol. The van der Waals surface area contributed by atoms with Crippen LogP contribution in [0.15, 0.2) is 0 Å². The lowest BCUT2D eigenvalue weighted by molar-refractivity contribution is -0.181. The highest BCUT2D eigenvalue weighted by atomic mass is 35.5. The molecule has 4 saturated carbocycles. The first kappa shape index (κ1) is 17.5. The first-order chi connectivity index (χ1) is 10.2. The van der Waals surface area contributed by atoms with Gasteiger partial charge in [0.1, 0.15) is 0 Å². The van der Waals surface area contributed by atoms with Gasteiger partial charge in [0.05, 0.1) is 5.41 Å². The van der Waals surface area contributed by atoms with Gasteiger partial charge in [-0.3, -0.25) is 4.79 Å². The molecule has 3 nitrogen and oxygen atoms in total. The molecule has 1 saturated heterocycles. The number of piperidine rings is 1. The molecule has 2 N–H and O–H groups in total. The molecule has 0 spiro atoms. The van der Waals surface area contributed by atoms with Crippen LogP contribution in [0.5, 0.6) is 0 Å². The maximum atomic E-state index is 13.5. The highest BCUT2D eigenvalue weighted by Gasteiger charge is 2.63. The number of rotatable bonds is 1. The third kappa shape index (κ3) is 2.72. The minimum atomic E-state index is -0.0376. The normalized spacial score (nSPS) is 51.5. The average molecular weight is 341 g/mol. The molecule has 1 heterocycles. The highest BCUT2D eigenvalue weighted by Crippen LogP contribution is 2.69. The summed E-state index contributed by atoms with van der Waals surface area (Å²) in [6.07, 6.45) is 8.48. The van der Waals surface area contributed by atoms with Gasteiger partial charge in [0.15, 0.2) is 0 Å². The Balaban J connectivity index is 0.00000156. The van der Waals surface area contributed by atoms with Crippen molar-refractivity contribution in [2.75, 3.05) is 13.1 Å². The largest absolute Gasteiger partial charge is 0.342 e. The van der Waals surface area contributed by atoms with Gasteiger partial charge in [-0.15, -0.1) is 12.4 Å². The van der Waals surface area contributed by atoms with E-state index in [-0.39, 0.29) is 23.9 Å². The summed E-state index contributed by atoms with van der Waals surface area (Å²) in [6.45, 7) is 8.86. The van der Waals surface area contributed by atoms with Crippen molar-refractivity contribution < 1.29 is 4.79 Å². The first-order valence-electron chi connectivity index (χ1n) is 9.28. The van der Waals surface area contributed by atoms with Gasteiger partial charge in [0, 0.05) is 19.1 Å². The summed E-state index contributed by atoms with van der Waals surface area (Å²) in [5.41, 5.74) is 6.95. The van der Waals surface area contributed by atoms with E-state index in [1.54, 1.807) is 0 Å². The molecule has 0 aromatic heterocycles. The monoisotopic (exact) mass is 340 g/mol. The average Bonchev–Trinajstić information content (AvgIpc) is 2.37. The summed E-state index contributed by atoms with van der Waals surface area (Å²) >= 11 is 0. The van der Waals surface area contributed by atoms with Gasteiger partial charge in [0.2, 0.25) is 5.91 Å². The molecule has 4 bridgehead atoms. The molecule has 5 fully saturated rings. The lowest BCUT2D eigenvalue weighted by Crippen LogP contribution is -2.62. The lowest BCUT2D eigenvalue weighted by atomic mass is 9.40. The van der Waals surface area contributed by atoms with E-state index in [2.05, 4.69) is 25.7 Å². The van der Waals surface area contributed by atoms with Crippen molar-refractivity contribution >= 4 is 18.3 Å². The fourth-order valence-corrected chi connectivity index (χ4v) is 7.37. The molecule has 1 aliphatic heterocycles. The van der Waals surface area contributed by atoms with Gasteiger partial charge in [-0.05, 0) is 67.6 Å². The Morgan fingerprint density at radius 3 is 2.22 bits per heavy atom. The molecule has 5 rings (SSSR count). The number of nitrogens with two attached hydrogens (primary N) is 1. The van der Waals surface area contributed by atoms with Gasteiger partial charge >= 0.3 is 0 Å². The first-order valence-corrected chi connectivity index (χ1v) is 9.28. The van der Waals surface area contributed by atoms with E-state index >= 15 is 0 Å². The second-order valence-electron chi connectivity index (χ2n) is 10.1. The Morgan fingerprint density at radius 1 is 1.09 bits per heavy atom. The predicted octanol–water partition coefficient (Wildman–Crippen LogP) is 3.60. The van der Waals surface area contributed by atoms with E-state index in [0.717, 1.165) is 44.7 Å². The number of halogens is 1. The van der Waals surface area contributed by atoms with Crippen molar-refractivity contribution in [1.29, 1.82) is 0 Å². The van der Waals surface area contributed by atoms with Crippen molar-refractivity contribution in [2.45, 2.75) is 71.8 Å². The standard InChI is InChI=1S/C19H32N2O.ClH/c1-13-9-21(5-4-15(13)20)16(22)19-8-14-6-17(2,11-19)10-18(3,7-14)12-19;/h13-15H,4-12,20H2,1-3H3;1H. The van der Waals surface area contributed by atoms with Gasteiger partial charge < -0.3 is 10.6 Å². The number of hydrogen-bond acceptors (Lipinski definition) is 2. The van der Waals surface area contributed by atoms with Crippen molar-refractivity contribution in [2.24, 2.45) is 33.8 Å². The molecule has 4 unspecified atom stereocenters. The summed E-state index contributed by atoms with van der Waals surface area (Å²) in [5.74, 6) is 1.71. The van der Waals surface area contributed by atoms with Crippen LogP contribution in [0.3, 0.4) is 0 Å². The molecule has 0 aromatic rings. The van der Waals surface area contributed by atoms with E-state index in [1.165, 1.54) is 19.3 Å². The smallest absolute Gasteiger partial charge is 0.228 e. The Hall–Kier alpha value is -0.280. The maximum absolute atomic E-state index is 13.5. The highest BCUT2D eigenvalue weighted by molar-refractivity contribution is 5.85. The Bertz CT molecular complexity index is 490. The fraction of sp³-hybridized carbons (Fsp3) is 0.947. The number of likely N-dealkylation sites (tertiary alicyclic amines) is 1. The molecular formula is C19H33ClN2O. The van der Waals surface area contributed by atoms with Crippen LogP contribution in [-0.4, -0.2) is 29.9 Å². The topological polar surface area (TPSA) is 46.3 Å². The van der Waals surface area contributed by atoms with Crippen LogP contribution in [0, 0.1) is 28.1 Å². The Kier molecular flexibility index (Phi) is 4.09. The van der Waals surface area contributed by atoms with Crippen molar-refractivity contribution in [1.82, 2.24) is 4.90 Å². The molecule has 4 heteroatoms. The third-order valence-corrected chi connectivity index (χ3v) is 7.34. The van der Waals surface area contributed by atoms with Crippen molar-refractivity contribution in [3.63, 3.8) is 0 Å². The second kappa shape index (κ2) is 5.36. The molecule has 132 valence electrons. The summed E-state index contributed by atoms with van der Waals surface area (Å²) in [5, 5.41) is 0. The lowest BCUT2D eigenvalue weighted by Gasteiger charge is -2.65. The van der Waals surface area contributed by atoms with E-state index < -0.39 is 0 Å². The van der Waals surface area contributed by atoms with E-state index in [0.29, 0.717) is 22.7 Å². The van der Waals surface area contributed by atoms with E-state index in [1.807, 2.05) is 0 Å². The molecule has 1 amide bonds.